The number of hydrogen-bond acceptors (Lipinski definition) is 3. The highest BCUT2D eigenvalue weighted by molar-refractivity contribution is 9.10. The lowest BCUT2D eigenvalue weighted by molar-refractivity contribution is 0.500. The zero-order chi connectivity index (χ0) is 9.97. The molecule has 1 aromatic rings. The summed E-state index contributed by atoms with van der Waals surface area (Å²) in [5.41, 5.74) is 1.25. The van der Waals surface area contributed by atoms with Crippen molar-refractivity contribution < 1.29 is 0 Å². The van der Waals surface area contributed by atoms with Crippen LogP contribution < -0.4 is 10.2 Å². The molecule has 0 aromatic carbocycles. The van der Waals surface area contributed by atoms with Crippen LogP contribution >= 0.6 is 15.9 Å². The first-order valence-corrected chi connectivity index (χ1v) is 5.65. The smallest absolute Gasteiger partial charge is 0.108 e. The molecular formula is C10H14BrN3. The third kappa shape index (κ3) is 2.07. The summed E-state index contributed by atoms with van der Waals surface area (Å²) >= 11 is 3.40. The molecule has 14 heavy (non-hydrogen) atoms. The Morgan fingerprint density at radius 1 is 1.64 bits per heavy atom. The largest absolute Gasteiger partial charge is 0.366 e. The fourth-order valence-electron chi connectivity index (χ4n) is 1.80. The van der Waals surface area contributed by atoms with Gasteiger partial charge in [-0.05, 0) is 35.0 Å². The van der Waals surface area contributed by atoms with Crippen molar-refractivity contribution in [3.63, 3.8) is 0 Å². The number of nitrogens with one attached hydrogen (secondary N) is 1. The molecule has 0 saturated carbocycles. The number of anilines is 1. The van der Waals surface area contributed by atoms with Gasteiger partial charge < -0.3 is 10.2 Å². The molecule has 4 heteroatoms. The van der Waals surface area contributed by atoms with E-state index in [1.807, 2.05) is 6.20 Å². The summed E-state index contributed by atoms with van der Waals surface area (Å²) in [6.07, 6.45) is 1.84. The molecule has 0 amide bonds. The van der Waals surface area contributed by atoms with Gasteiger partial charge in [-0.2, -0.15) is 0 Å². The van der Waals surface area contributed by atoms with Gasteiger partial charge in [-0.25, -0.2) is 4.98 Å². The number of aromatic nitrogens is 1. The number of piperazine rings is 1. The summed E-state index contributed by atoms with van der Waals surface area (Å²) < 4.78 is 0.903. The number of pyridine rings is 1. The number of hydrogen-bond donors (Lipinski definition) is 1. The van der Waals surface area contributed by atoms with Gasteiger partial charge in [-0.1, -0.05) is 0 Å². The molecule has 0 spiro atoms. The van der Waals surface area contributed by atoms with E-state index in [-0.39, 0.29) is 0 Å². The van der Waals surface area contributed by atoms with Crippen molar-refractivity contribution in [1.29, 1.82) is 0 Å². The molecule has 0 radical (unpaired) electrons. The molecule has 1 atom stereocenters. The molecule has 0 aliphatic carbocycles. The maximum absolute atomic E-state index is 4.13. The van der Waals surface area contributed by atoms with Crippen LogP contribution in [0.3, 0.4) is 0 Å². The van der Waals surface area contributed by atoms with Crippen LogP contribution in [0.25, 0.3) is 0 Å². The van der Waals surface area contributed by atoms with Crippen LogP contribution in [0, 0.1) is 0 Å². The summed E-state index contributed by atoms with van der Waals surface area (Å²) in [6.45, 7) is 5.42. The fraction of sp³-hybridized carbons (Fsp3) is 0.500. The van der Waals surface area contributed by atoms with Gasteiger partial charge in [0.1, 0.15) is 4.60 Å². The zero-order valence-electron chi connectivity index (χ0n) is 8.20. The zero-order valence-corrected chi connectivity index (χ0v) is 9.79. The van der Waals surface area contributed by atoms with Crippen LogP contribution in [0.15, 0.2) is 22.9 Å². The highest BCUT2D eigenvalue weighted by Gasteiger charge is 2.17. The molecule has 1 N–H and O–H groups in total. The molecule has 1 aromatic heterocycles. The lowest BCUT2D eigenvalue weighted by atomic mass is 10.2. The van der Waals surface area contributed by atoms with Gasteiger partial charge >= 0.3 is 0 Å². The van der Waals surface area contributed by atoms with E-state index in [2.05, 4.69) is 50.2 Å². The predicted molar refractivity (Wildman–Crippen MR) is 61.6 cm³/mol. The average molecular weight is 256 g/mol. The van der Waals surface area contributed by atoms with E-state index < -0.39 is 0 Å². The van der Waals surface area contributed by atoms with Crippen molar-refractivity contribution in [1.82, 2.24) is 10.3 Å². The molecule has 1 fully saturated rings. The Labute approximate surface area is 92.6 Å². The molecular weight excluding hydrogens is 242 g/mol. The van der Waals surface area contributed by atoms with E-state index in [1.165, 1.54) is 5.69 Å². The highest BCUT2D eigenvalue weighted by Crippen LogP contribution is 2.20. The van der Waals surface area contributed by atoms with Crippen molar-refractivity contribution >= 4 is 21.6 Å². The van der Waals surface area contributed by atoms with Crippen LogP contribution in [0.5, 0.6) is 0 Å². The van der Waals surface area contributed by atoms with E-state index in [1.54, 1.807) is 0 Å². The predicted octanol–water partition coefficient (Wildman–Crippen LogP) is 1.64. The average Bonchev–Trinajstić information content (AvgIpc) is 2.18. The second-order valence-corrected chi connectivity index (χ2v) is 4.40. The van der Waals surface area contributed by atoms with Crippen LogP contribution in [-0.2, 0) is 0 Å². The minimum absolute atomic E-state index is 0.554. The second-order valence-electron chi connectivity index (χ2n) is 3.58. The number of nitrogens with zero attached hydrogens (tertiary/aromatic N) is 2. The van der Waals surface area contributed by atoms with E-state index in [0.29, 0.717) is 6.04 Å². The Morgan fingerprint density at radius 3 is 3.21 bits per heavy atom. The van der Waals surface area contributed by atoms with Crippen molar-refractivity contribution in [2.24, 2.45) is 0 Å². The summed E-state index contributed by atoms with van der Waals surface area (Å²) in [7, 11) is 0. The van der Waals surface area contributed by atoms with Gasteiger partial charge in [0.25, 0.3) is 0 Å². The molecule has 1 aliphatic heterocycles. The van der Waals surface area contributed by atoms with E-state index in [0.717, 1.165) is 24.2 Å². The summed E-state index contributed by atoms with van der Waals surface area (Å²) in [5, 5.41) is 3.38. The van der Waals surface area contributed by atoms with Gasteiger partial charge in [0.05, 0.1) is 0 Å². The van der Waals surface area contributed by atoms with E-state index in [4.69, 9.17) is 0 Å². The van der Waals surface area contributed by atoms with E-state index in [9.17, 15) is 0 Å². The first kappa shape index (κ1) is 9.93. The Balaban J connectivity index is 2.20. The topological polar surface area (TPSA) is 28.2 Å². The Bertz CT molecular complexity index is 316. The lowest BCUT2D eigenvalue weighted by Gasteiger charge is -2.35. The normalized spacial score (nSPS) is 22.4. The summed E-state index contributed by atoms with van der Waals surface area (Å²) in [6, 6.07) is 4.69. The summed E-state index contributed by atoms with van der Waals surface area (Å²) in [4.78, 5) is 6.54. The Morgan fingerprint density at radius 2 is 2.50 bits per heavy atom. The molecule has 1 aliphatic rings. The van der Waals surface area contributed by atoms with Gasteiger partial charge in [0.2, 0.25) is 0 Å². The Hall–Kier alpha value is -0.610. The third-order valence-electron chi connectivity index (χ3n) is 2.54. The SMILES string of the molecule is CC1CNCCN1c1ccnc(Br)c1. The molecule has 1 saturated heterocycles. The standard InChI is InChI=1S/C10H14BrN3/c1-8-7-12-4-5-14(8)9-2-3-13-10(11)6-9/h2-3,6,8,12H,4-5,7H2,1H3. The minimum atomic E-state index is 0.554. The third-order valence-corrected chi connectivity index (χ3v) is 2.98. The van der Waals surface area contributed by atoms with Crippen molar-refractivity contribution in [3.8, 4) is 0 Å². The lowest BCUT2D eigenvalue weighted by Crippen LogP contribution is -2.49. The number of halogens is 1. The van der Waals surface area contributed by atoms with Crippen LogP contribution in [-0.4, -0.2) is 30.7 Å². The fourth-order valence-corrected chi connectivity index (χ4v) is 2.15. The van der Waals surface area contributed by atoms with Crippen LogP contribution in [0.4, 0.5) is 5.69 Å². The van der Waals surface area contributed by atoms with Crippen molar-refractivity contribution in [2.75, 3.05) is 24.5 Å². The quantitative estimate of drug-likeness (QED) is 0.774. The van der Waals surface area contributed by atoms with Gasteiger partial charge in [-0.15, -0.1) is 0 Å². The highest BCUT2D eigenvalue weighted by atomic mass is 79.9. The molecule has 1 unspecified atom stereocenters. The molecule has 0 bridgehead atoms. The van der Waals surface area contributed by atoms with Gasteiger partial charge in [0, 0.05) is 37.6 Å². The monoisotopic (exact) mass is 255 g/mol. The molecule has 3 nitrogen and oxygen atoms in total. The maximum Gasteiger partial charge on any atom is 0.108 e. The van der Waals surface area contributed by atoms with Crippen molar-refractivity contribution in [3.05, 3.63) is 22.9 Å². The number of rotatable bonds is 1. The second kappa shape index (κ2) is 4.28. The van der Waals surface area contributed by atoms with Gasteiger partial charge in [-0.3, -0.25) is 0 Å². The minimum Gasteiger partial charge on any atom is -0.366 e. The van der Waals surface area contributed by atoms with Crippen molar-refractivity contribution in [2.45, 2.75) is 13.0 Å². The molecule has 2 rings (SSSR count). The maximum atomic E-state index is 4.13. The molecule has 76 valence electrons. The van der Waals surface area contributed by atoms with Gasteiger partial charge in [0.15, 0.2) is 0 Å². The first-order valence-electron chi connectivity index (χ1n) is 4.86. The van der Waals surface area contributed by atoms with Crippen LogP contribution in [0.2, 0.25) is 0 Å². The first-order chi connectivity index (χ1) is 6.77. The molecule has 2 heterocycles. The Kier molecular flexibility index (Phi) is 3.03. The summed E-state index contributed by atoms with van der Waals surface area (Å²) in [5.74, 6) is 0. The van der Waals surface area contributed by atoms with E-state index >= 15 is 0 Å². The van der Waals surface area contributed by atoms with Crippen LogP contribution in [0.1, 0.15) is 6.92 Å².